The van der Waals surface area contributed by atoms with Gasteiger partial charge in [-0.2, -0.15) is 0 Å². The average Bonchev–Trinajstić information content (AvgIpc) is 3.11. The zero-order valence-electron chi connectivity index (χ0n) is 13.0. The highest BCUT2D eigenvalue weighted by molar-refractivity contribution is 6.06. The summed E-state index contributed by atoms with van der Waals surface area (Å²) < 4.78 is 10.6. The summed E-state index contributed by atoms with van der Waals surface area (Å²) in [5.41, 5.74) is 1.83. The minimum Gasteiger partial charge on any atom is -0.496 e. The Balaban J connectivity index is 1.84. The molecule has 3 aromatic rings. The van der Waals surface area contributed by atoms with Gasteiger partial charge >= 0.3 is 0 Å². The van der Waals surface area contributed by atoms with Gasteiger partial charge in [0.15, 0.2) is 12.0 Å². The monoisotopic (exact) mass is 321 g/mol. The Morgan fingerprint density at radius 1 is 1.08 bits per heavy atom. The van der Waals surface area contributed by atoms with E-state index in [1.165, 1.54) is 7.11 Å². The minimum absolute atomic E-state index is 0.258. The van der Waals surface area contributed by atoms with Crippen LogP contribution < -0.4 is 10.1 Å². The van der Waals surface area contributed by atoms with Crippen LogP contribution in [-0.4, -0.2) is 19.3 Å². The van der Waals surface area contributed by atoms with E-state index in [1.54, 1.807) is 54.6 Å². The van der Waals surface area contributed by atoms with Crippen molar-refractivity contribution in [2.24, 2.45) is 0 Å². The zero-order chi connectivity index (χ0) is 16.9. The van der Waals surface area contributed by atoms with Gasteiger partial charge < -0.3 is 14.5 Å². The van der Waals surface area contributed by atoms with Gasteiger partial charge in [-0.25, -0.2) is 0 Å². The standard InChI is InChI=1S/C19H15NO4/c1-23-18-8-3-2-7-16(18)19(22)20-14-6-4-5-13(11-14)17-10-9-15(12-21)24-17/h2-12H,1H3,(H,20,22). The molecule has 1 amide bonds. The van der Waals surface area contributed by atoms with Crippen molar-refractivity contribution in [1.82, 2.24) is 0 Å². The molecule has 0 unspecified atom stereocenters. The maximum Gasteiger partial charge on any atom is 0.259 e. The topological polar surface area (TPSA) is 68.5 Å². The number of amides is 1. The molecule has 0 saturated carbocycles. The number of ether oxygens (including phenoxy) is 1. The van der Waals surface area contributed by atoms with Crippen LogP contribution >= 0.6 is 0 Å². The van der Waals surface area contributed by atoms with Crippen LogP contribution in [-0.2, 0) is 0 Å². The predicted octanol–water partition coefficient (Wildman–Crippen LogP) is 4.02. The third kappa shape index (κ3) is 3.20. The number of nitrogens with one attached hydrogen (secondary N) is 1. The van der Waals surface area contributed by atoms with E-state index in [9.17, 15) is 9.59 Å². The van der Waals surface area contributed by atoms with Crippen molar-refractivity contribution in [3.05, 3.63) is 72.0 Å². The minimum atomic E-state index is -0.266. The highest BCUT2D eigenvalue weighted by Crippen LogP contribution is 2.25. The molecule has 0 saturated heterocycles. The van der Waals surface area contributed by atoms with Gasteiger partial charge in [0.05, 0.1) is 12.7 Å². The molecule has 0 aliphatic heterocycles. The molecule has 1 heterocycles. The first-order chi connectivity index (χ1) is 11.7. The number of carbonyl (C=O) groups is 2. The Morgan fingerprint density at radius 2 is 1.92 bits per heavy atom. The number of carbonyl (C=O) groups excluding carboxylic acids is 2. The van der Waals surface area contributed by atoms with Crippen molar-refractivity contribution >= 4 is 17.9 Å². The molecular weight excluding hydrogens is 306 g/mol. The molecule has 1 N–H and O–H groups in total. The highest BCUT2D eigenvalue weighted by atomic mass is 16.5. The van der Waals surface area contributed by atoms with Crippen LogP contribution in [0.4, 0.5) is 5.69 Å². The number of methoxy groups -OCH3 is 1. The van der Waals surface area contributed by atoms with Crippen LogP contribution in [0.5, 0.6) is 5.75 Å². The lowest BCUT2D eigenvalue weighted by Crippen LogP contribution is -2.13. The van der Waals surface area contributed by atoms with E-state index in [2.05, 4.69) is 5.32 Å². The fraction of sp³-hybridized carbons (Fsp3) is 0.0526. The van der Waals surface area contributed by atoms with Crippen molar-refractivity contribution in [3.8, 4) is 17.1 Å². The Labute approximate surface area is 138 Å². The van der Waals surface area contributed by atoms with E-state index in [0.29, 0.717) is 29.0 Å². The van der Waals surface area contributed by atoms with E-state index in [-0.39, 0.29) is 11.7 Å². The second-order valence-corrected chi connectivity index (χ2v) is 5.06. The fourth-order valence-corrected chi connectivity index (χ4v) is 2.35. The lowest BCUT2D eigenvalue weighted by Gasteiger charge is -2.09. The fourth-order valence-electron chi connectivity index (χ4n) is 2.35. The molecule has 3 rings (SSSR count). The van der Waals surface area contributed by atoms with E-state index < -0.39 is 0 Å². The summed E-state index contributed by atoms with van der Waals surface area (Å²) in [4.78, 5) is 23.1. The third-order valence-corrected chi connectivity index (χ3v) is 3.50. The maximum atomic E-state index is 12.4. The summed E-state index contributed by atoms with van der Waals surface area (Å²) in [7, 11) is 1.52. The van der Waals surface area contributed by atoms with Gasteiger partial charge in [0.2, 0.25) is 0 Å². The van der Waals surface area contributed by atoms with Crippen molar-refractivity contribution in [1.29, 1.82) is 0 Å². The van der Waals surface area contributed by atoms with Gasteiger partial charge in [-0.15, -0.1) is 0 Å². The van der Waals surface area contributed by atoms with Gasteiger partial charge in [0.1, 0.15) is 11.5 Å². The second kappa shape index (κ2) is 6.83. The highest BCUT2D eigenvalue weighted by Gasteiger charge is 2.12. The van der Waals surface area contributed by atoms with Crippen LogP contribution in [0.25, 0.3) is 11.3 Å². The molecular formula is C19H15NO4. The Kier molecular flexibility index (Phi) is 4.43. The van der Waals surface area contributed by atoms with Crippen LogP contribution in [0.1, 0.15) is 20.9 Å². The number of anilines is 1. The Morgan fingerprint density at radius 3 is 2.67 bits per heavy atom. The molecule has 5 nitrogen and oxygen atoms in total. The van der Waals surface area contributed by atoms with Crippen molar-refractivity contribution < 1.29 is 18.7 Å². The first-order valence-corrected chi connectivity index (χ1v) is 7.31. The average molecular weight is 321 g/mol. The van der Waals surface area contributed by atoms with E-state index in [1.807, 2.05) is 6.07 Å². The molecule has 120 valence electrons. The van der Waals surface area contributed by atoms with Gasteiger partial charge in [0.25, 0.3) is 5.91 Å². The third-order valence-electron chi connectivity index (χ3n) is 3.50. The number of aldehydes is 1. The predicted molar refractivity (Wildman–Crippen MR) is 90.5 cm³/mol. The first-order valence-electron chi connectivity index (χ1n) is 7.31. The second-order valence-electron chi connectivity index (χ2n) is 5.06. The number of rotatable bonds is 5. The number of hydrogen-bond acceptors (Lipinski definition) is 4. The normalized spacial score (nSPS) is 10.2. The molecule has 5 heteroatoms. The molecule has 0 aliphatic rings. The number of para-hydroxylation sites is 1. The quantitative estimate of drug-likeness (QED) is 0.721. The summed E-state index contributed by atoms with van der Waals surface area (Å²) in [5.74, 6) is 1.06. The molecule has 1 aromatic heterocycles. The summed E-state index contributed by atoms with van der Waals surface area (Å²) in [6, 6.07) is 17.5. The lowest BCUT2D eigenvalue weighted by atomic mass is 10.1. The van der Waals surface area contributed by atoms with E-state index in [4.69, 9.17) is 9.15 Å². The van der Waals surface area contributed by atoms with Gasteiger partial charge in [-0.05, 0) is 36.4 Å². The molecule has 0 radical (unpaired) electrons. The SMILES string of the molecule is COc1ccccc1C(=O)Nc1cccc(-c2ccc(C=O)o2)c1. The van der Waals surface area contributed by atoms with Crippen molar-refractivity contribution in [2.45, 2.75) is 0 Å². The summed E-state index contributed by atoms with van der Waals surface area (Å²) in [6.45, 7) is 0. The van der Waals surface area contributed by atoms with Crippen LogP contribution in [0.15, 0.2) is 65.1 Å². The van der Waals surface area contributed by atoms with Crippen LogP contribution in [0, 0.1) is 0 Å². The molecule has 24 heavy (non-hydrogen) atoms. The number of furan rings is 1. The molecule has 2 aromatic carbocycles. The van der Waals surface area contributed by atoms with Gasteiger partial charge in [0, 0.05) is 11.3 Å². The molecule has 0 spiro atoms. The molecule has 0 bridgehead atoms. The Bertz CT molecular complexity index is 882. The van der Waals surface area contributed by atoms with Gasteiger partial charge in [-0.3, -0.25) is 9.59 Å². The Hall–Kier alpha value is -3.34. The van der Waals surface area contributed by atoms with E-state index in [0.717, 1.165) is 5.56 Å². The molecule has 0 aliphatic carbocycles. The van der Waals surface area contributed by atoms with Crippen molar-refractivity contribution in [3.63, 3.8) is 0 Å². The van der Waals surface area contributed by atoms with Crippen LogP contribution in [0.2, 0.25) is 0 Å². The number of hydrogen-bond donors (Lipinski definition) is 1. The van der Waals surface area contributed by atoms with E-state index >= 15 is 0 Å². The maximum absolute atomic E-state index is 12.4. The summed E-state index contributed by atoms with van der Waals surface area (Å²) >= 11 is 0. The summed E-state index contributed by atoms with van der Waals surface area (Å²) in [5, 5.41) is 2.83. The lowest BCUT2D eigenvalue weighted by molar-refractivity contribution is 0.102. The van der Waals surface area contributed by atoms with Gasteiger partial charge in [-0.1, -0.05) is 24.3 Å². The smallest absolute Gasteiger partial charge is 0.259 e. The first kappa shape index (κ1) is 15.6. The summed E-state index contributed by atoms with van der Waals surface area (Å²) in [6.07, 6.45) is 0.650. The number of benzene rings is 2. The molecule has 0 fully saturated rings. The zero-order valence-corrected chi connectivity index (χ0v) is 13.0. The van der Waals surface area contributed by atoms with Crippen LogP contribution in [0.3, 0.4) is 0 Å². The van der Waals surface area contributed by atoms with Crippen molar-refractivity contribution in [2.75, 3.05) is 12.4 Å². The molecule has 0 atom stereocenters. The largest absolute Gasteiger partial charge is 0.496 e.